The van der Waals surface area contributed by atoms with Crippen LogP contribution < -0.4 is 4.90 Å². The molecule has 4 nitrogen and oxygen atoms in total. The van der Waals surface area contributed by atoms with E-state index in [9.17, 15) is 4.79 Å². The molecule has 0 unspecified atom stereocenters. The summed E-state index contributed by atoms with van der Waals surface area (Å²) in [6.45, 7) is 4.10. The lowest BCUT2D eigenvalue weighted by atomic mass is 10.2. The minimum atomic E-state index is -0.939. The number of nitrogens with zero attached hydrogens (tertiary/aromatic N) is 2. The van der Waals surface area contributed by atoms with Crippen LogP contribution in [0.25, 0.3) is 6.08 Å². The van der Waals surface area contributed by atoms with Gasteiger partial charge in [0.25, 0.3) is 0 Å². The summed E-state index contributed by atoms with van der Waals surface area (Å²) in [5.74, 6) is 2.44. The molecule has 0 radical (unpaired) electrons. The van der Waals surface area contributed by atoms with Crippen molar-refractivity contribution in [3.05, 3.63) is 29.5 Å². The quantitative estimate of drug-likeness (QED) is 0.861. The first-order valence-electron chi connectivity index (χ1n) is 6.37. The van der Waals surface area contributed by atoms with Gasteiger partial charge in [0, 0.05) is 31.1 Å². The van der Waals surface area contributed by atoms with Gasteiger partial charge in [-0.05, 0) is 42.4 Å². The summed E-state index contributed by atoms with van der Waals surface area (Å²) in [5.41, 5.74) is 1.92. The van der Waals surface area contributed by atoms with Crippen LogP contribution in [0.2, 0.25) is 0 Å². The molecule has 1 saturated heterocycles. The average Bonchev–Trinajstić information content (AvgIpc) is 2.65. The van der Waals surface area contributed by atoms with Gasteiger partial charge >= 0.3 is 5.97 Å². The molecule has 0 amide bonds. The van der Waals surface area contributed by atoms with Gasteiger partial charge in [-0.15, -0.1) is 0 Å². The van der Waals surface area contributed by atoms with E-state index in [0.717, 1.165) is 41.9 Å². The number of pyridine rings is 1. The summed E-state index contributed by atoms with van der Waals surface area (Å²) >= 11 is 1.99. The third-order valence-corrected chi connectivity index (χ3v) is 4.06. The Labute approximate surface area is 117 Å². The SMILES string of the molecule is Cc1cc(/C=C/C(=O)O)cnc1N1CCCSCC1. The van der Waals surface area contributed by atoms with E-state index < -0.39 is 5.97 Å². The van der Waals surface area contributed by atoms with Crippen LogP contribution in [0.3, 0.4) is 0 Å². The van der Waals surface area contributed by atoms with E-state index >= 15 is 0 Å². The molecule has 2 heterocycles. The van der Waals surface area contributed by atoms with Crippen molar-refractivity contribution in [2.24, 2.45) is 0 Å². The fourth-order valence-electron chi connectivity index (χ4n) is 2.14. The second kappa shape index (κ2) is 6.61. The van der Waals surface area contributed by atoms with Crippen molar-refractivity contribution in [1.29, 1.82) is 0 Å². The molecule has 19 heavy (non-hydrogen) atoms. The summed E-state index contributed by atoms with van der Waals surface area (Å²) in [6.07, 6.45) is 5.63. The number of rotatable bonds is 3. The normalized spacial score (nSPS) is 16.6. The Morgan fingerprint density at radius 1 is 1.47 bits per heavy atom. The lowest BCUT2D eigenvalue weighted by Gasteiger charge is -2.23. The molecule has 1 aromatic heterocycles. The number of hydrogen-bond donors (Lipinski definition) is 1. The van der Waals surface area contributed by atoms with E-state index in [0.29, 0.717) is 0 Å². The van der Waals surface area contributed by atoms with E-state index in [1.807, 2.05) is 24.8 Å². The number of hydrogen-bond acceptors (Lipinski definition) is 4. The maximum absolute atomic E-state index is 10.5. The molecule has 0 bridgehead atoms. The Balaban J connectivity index is 2.16. The smallest absolute Gasteiger partial charge is 0.328 e. The van der Waals surface area contributed by atoms with Crippen molar-refractivity contribution in [2.45, 2.75) is 13.3 Å². The minimum Gasteiger partial charge on any atom is -0.478 e. The number of carbonyl (C=O) groups is 1. The van der Waals surface area contributed by atoms with Gasteiger partial charge in [0.05, 0.1) is 0 Å². The maximum Gasteiger partial charge on any atom is 0.328 e. The fourth-order valence-corrected chi connectivity index (χ4v) is 3.02. The minimum absolute atomic E-state index is 0.827. The molecule has 102 valence electrons. The number of carboxylic acids is 1. The van der Waals surface area contributed by atoms with Crippen molar-refractivity contribution in [3.8, 4) is 0 Å². The fraction of sp³-hybridized carbons (Fsp3) is 0.429. The molecule has 0 atom stereocenters. The number of carboxylic acid groups (broad SMARTS) is 1. The van der Waals surface area contributed by atoms with Crippen molar-refractivity contribution in [3.63, 3.8) is 0 Å². The number of aryl methyl sites for hydroxylation is 1. The second-order valence-corrected chi connectivity index (χ2v) is 5.76. The zero-order chi connectivity index (χ0) is 13.7. The molecular weight excluding hydrogens is 260 g/mol. The van der Waals surface area contributed by atoms with Crippen LogP contribution in [0.1, 0.15) is 17.5 Å². The highest BCUT2D eigenvalue weighted by molar-refractivity contribution is 7.99. The van der Waals surface area contributed by atoms with Gasteiger partial charge in [-0.1, -0.05) is 0 Å². The topological polar surface area (TPSA) is 53.4 Å². The summed E-state index contributed by atoms with van der Waals surface area (Å²) < 4.78 is 0. The third-order valence-electron chi connectivity index (χ3n) is 3.01. The first-order valence-corrected chi connectivity index (χ1v) is 7.52. The van der Waals surface area contributed by atoms with E-state index in [4.69, 9.17) is 5.11 Å². The molecule has 1 fully saturated rings. The maximum atomic E-state index is 10.5. The molecule has 1 aliphatic rings. The Kier molecular flexibility index (Phi) is 4.85. The van der Waals surface area contributed by atoms with Crippen LogP contribution in [-0.4, -0.2) is 40.7 Å². The lowest BCUT2D eigenvalue weighted by molar-refractivity contribution is -0.131. The van der Waals surface area contributed by atoms with E-state index in [1.165, 1.54) is 12.2 Å². The summed E-state index contributed by atoms with van der Waals surface area (Å²) in [6, 6.07) is 1.99. The predicted molar refractivity (Wildman–Crippen MR) is 79.8 cm³/mol. The largest absolute Gasteiger partial charge is 0.478 e. The predicted octanol–water partition coefficient (Wildman–Crippen LogP) is 2.43. The number of anilines is 1. The second-order valence-electron chi connectivity index (χ2n) is 4.53. The van der Waals surface area contributed by atoms with E-state index in [1.54, 1.807) is 12.3 Å². The van der Waals surface area contributed by atoms with Crippen LogP contribution in [0.15, 0.2) is 18.3 Å². The van der Waals surface area contributed by atoms with Gasteiger partial charge in [0.2, 0.25) is 0 Å². The van der Waals surface area contributed by atoms with E-state index in [-0.39, 0.29) is 0 Å². The number of aromatic nitrogens is 1. The Bertz CT molecular complexity index is 480. The monoisotopic (exact) mass is 278 g/mol. The molecule has 1 aromatic rings. The standard InChI is InChI=1S/C14H18N2O2S/c1-11-9-12(3-4-13(17)18)10-15-14(11)16-5-2-7-19-8-6-16/h3-4,9-10H,2,5-8H2,1H3,(H,17,18)/b4-3+. The molecule has 0 aliphatic carbocycles. The third kappa shape index (κ3) is 3.99. The highest BCUT2D eigenvalue weighted by Gasteiger charge is 2.13. The molecular formula is C14H18N2O2S. The van der Waals surface area contributed by atoms with E-state index in [2.05, 4.69) is 9.88 Å². The Morgan fingerprint density at radius 2 is 2.32 bits per heavy atom. The summed E-state index contributed by atoms with van der Waals surface area (Å²) in [5, 5.41) is 8.62. The van der Waals surface area contributed by atoms with Gasteiger partial charge in [-0.25, -0.2) is 9.78 Å². The highest BCUT2D eigenvalue weighted by atomic mass is 32.2. The first kappa shape index (κ1) is 13.9. The Hall–Kier alpha value is -1.49. The summed E-state index contributed by atoms with van der Waals surface area (Å²) in [7, 11) is 0. The molecule has 5 heteroatoms. The lowest BCUT2D eigenvalue weighted by Crippen LogP contribution is -2.27. The van der Waals surface area contributed by atoms with Crippen molar-refractivity contribution in [1.82, 2.24) is 4.98 Å². The first-order chi connectivity index (χ1) is 9.16. The van der Waals surface area contributed by atoms with Crippen molar-refractivity contribution < 1.29 is 9.90 Å². The van der Waals surface area contributed by atoms with Crippen molar-refractivity contribution >= 4 is 29.6 Å². The number of aliphatic carboxylic acids is 1. The molecule has 1 aliphatic heterocycles. The summed E-state index contributed by atoms with van der Waals surface area (Å²) in [4.78, 5) is 17.3. The van der Waals surface area contributed by atoms with Gasteiger partial charge in [-0.3, -0.25) is 0 Å². The van der Waals surface area contributed by atoms with Gasteiger partial charge < -0.3 is 10.0 Å². The zero-order valence-electron chi connectivity index (χ0n) is 11.0. The average molecular weight is 278 g/mol. The van der Waals surface area contributed by atoms with Crippen LogP contribution >= 0.6 is 11.8 Å². The van der Waals surface area contributed by atoms with Gasteiger partial charge in [-0.2, -0.15) is 11.8 Å². The molecule has 2 rings (SSSR count). The molecule has 0 aromatic carbocycles. The zero-order valence-corrected chi connectivity index (χ0v) is 11.8. The van der Waals surface area contributed by atoms with Crippen molar-refractivity contribution in [2.75, 3.05) is 29.5 Å². The van der Waals surface area contributed by atoms with Gasteiger partial charge in [0.1, 0.15) is 5.82 Å². The van der Waals surface area contributed by atoms with Crippen LogP contribution in [-0.2, 0) is 4.79 Å². The molecule has 0 saturated carbocycles. The van der Waals surface area contributed by atoms with Crippen LogP contribution in [0.5, 0.6) is 0 Å². The highest BCUT2D eigenvalue weighted by Crippen LogP contribution is 2.21. The van der Waals surface area contributed by atoms with Crippen LogP contribution in [0, 0.1) is 6.92 Å². The van der Waals surface area contributed by atoms with Gasteiger partial charge in [0.15, 0.2) is 0 Å². The van der Waals surface area contributed by atoms with Crippen LogP contribution in [0.4, 0.5) is 5.82 Å². The molecule has 1 N–H and O–H groups in total. The Morgan fingerprint density at radius 3 is 3.05 bits per heavy atom. The molecule has 0 spiro atoms. The number of thioether (sulfide) groups is 1.